The van der Waals surface area contributed by atoms with Crippen molar-refractivity contribution in [1.29, 1.82) is 0 Å². The van der Waals surface area contributed by atoms with Crippen LogP contribution in [0, 0.1) is 0 Å². The molecule has 25 heavy (non-hydrogen) atoms. The molecule has 0 N–H and O–H groups in total. The third-order valence-corrected chi connectivity index (χ3v) is 5.49. The highest BCUT2D eigenvalue weighted by atomic mass is 32.2. The molecule has 0 saturated heterocycles. The second kappa shape index (κ2) is 5.63. The number of benzene rings is 2. The number of aromatic nitrogens is 3. The lowest BCUT2D eigenvalue weighted by Gasteiger charge is -2.22. The molecule has 0 spiro atoms. The molecule has 1 unspecified atom stereocenters. The lowest BCUT2D eigenvalue weighted by atomic mass is 10.1. The highest BCUT2D eigenvalue weighted by Crippen LogP contribution is 2.45. The van der Waals surface area contributed by atoms with E-state index < -0.39 is 0 Å². The third kappa shape index (κ3) is 2.39. The van der Waals surface area contributed by atoms with Gasteiger partial charge in [-0.1, -0.05) is 48.2 Å². The lowest BCUT2D eigenvalue weighted by Crippen LogP contribution is -2.20. The van der Waals surface area contributed by atoms with E-state index in [4.69, 9.17) is 9.47 Å². The van der Waals surface area contributed by atoms with Gasteiger partial charge in [0.05, 0.1) is 0 Å². The molecule has 7 heteroatoms. The lowest BCUT2D eigenvalue weighted by molar-refractivity contribution is 0.0888. The molecule has 2 aliphatic heterocycles. The Hall–Kier alpha value is -2.80. The number of nitrogens with zero attached hydrogens (tertiary/aromatic N) is 3. The quantitative estimate of drug-likeness (QED) is 0.703. The van der Waals surface area contributed by atoms with Crippen LogP contribution in [-0.2, 0) is 0 Å². The van der Waals surface area contributed by atoms with Crippen molar-refractivity contribution >= 4 is 17.7 Å². The van der Waals surface area contributed by atoms with Crippen molar-refractivity contribution in [3.63, 3.8) is 0 Å². The maximum absolute atomic E-state index is 12.8. The fourth-order valence-electron chi connectivity index (χ4n) is 3.06. The Kier molecular flexibility index (Phi) is 3.27. The zero-order chi connectivity index (χ0) is 16.8. The molecule has 0 bridgehead atoms. The Labute approximate surface area is 147 Å². The summed E-state index contributed by atoms with van der Waals surface area (Å²) in [4.78, 5) is 12.8. The first-order chi connectivity index (χ1) is 12.3. The molecule has 0 aliphatic carbocycles. The second-order valence-corrected chi connectivity index (χ2v) is 6.99. The minimum absolute atomic E-state index is 0.000250. The van der Waals surface area contributed by atoms with Crippen LogP contribution >= 0.6 is 11.8 Å². The zero-order valence-corrected chi connectivity index (χ0v) is 13.9. The largest absolute Gasteiger partial charge is 0.454 e. The molecule has 0 radical (unpaired) electrons. The van der Waals surface area contributed by atoms with E-state index >= 15 is 0 Å². The van der Waals surface area contributed by atoms with Gasteiger partial charge in [-0.05, 0) is 17.7 Å². The van der Waals surface area contributed by atoms with E-state index in [2.05, 4.69) is 10.2 Å². The van der Waals surface area contributed by atoms with E-state index in [9.17, 15) is 4.79 Å². The predicted molar refractivity (Wildman–Crippen MR) is 91.9 cm³/mol. The van der Waals surface area contributed by atoms with E-state index in [1.165, 1.54) is 0 Å². The van der Waals surface area contributed by atoms with Gasteiger partial charge in [0.2, 0.25) is 12.7 Å². The van der Waals surface area contributed by atoms with E-state index in [0.29, 0.717) is 17.4 Å². The van der Waals surface area contributed by atoms with Gasteiger partial charge in [0, 0.05) is 17.2 Å². The summed E-state index contributed by atoms with van der Waals surface area (Å²) in [5.74, 6) is 2.06. The molecule has 1 aromatic heterocycles. The van der Waals surface area contributed by atoms with Crippen LogP contribution < -0.4 is 9.47 Å². The summed E-state index contributed by atoms with van der Waals surface area (Å²) in [7, 11) is 0. The first-order valence-corrected chi connectivity index (χ1v) is 8.78. The number of thioether (sulfide) groups is 1. The van der Waals surface area contributed by atoms with Gasteiger partial charge in [-0.25, -0.2) is 4.57 Å². The Morgan fingerprint density at radius 1 is 1.04 bits per heavy atom. The molecule has 1 atom stereocenters. The number of carbonyl (C=O) groups is 1. The van der Waals surface area contributed by atoms with Gasteiger partial charge >= 0.3 is 0 Å². The van der Waals surface area contributed by atoms with Crippen LogP contribution in [-0.4, -0.2) is 27.5 Å². The normalized spacial score (nSPS) is 18.2. The minimum Gasteiger partial charge on any atom is -0.454 e. The van der Waals surface area contributed by atoms with Crippen LogP contribution in [0.2, 0.25) is 0 Å². The van der Waals surface area contributed by atoms with Gasteiger partial charge < -0.3 is 9.47 Å². The van der Waals surface area contributed by atoms with Crippen LogP contribution in [0.1, 0.15) is 22.0 Å². The number of hydrogen-bond acceptors (Lipinski definition) is 6. The van der Waals surface area contributed by atoms with Crippen LogP contribution in [0.15, 0.2) is 53.7 Å². The molecule has 124 valence electrons. The van der Waals surface area contributed by atoms with Crippen LogP contribution in [0.3, 0.4) is 0 Å². The van der Waals surface area contributed by atoms with Gasteiger partial charge in [0.1, 0.15) is 0 Å². The summed E-state index contributed by atoms with van der Waals surface area (Å²) in [6.07, 6.45) is 0.384. The van der Waals surface area contributed by atoms with Gasteiger partial charge in [0.15, 0.2) is 22.5 Å². The monoisotopic (exact) mass is 351 g/mol. The molecule has 5 rings (SSSR count). The highest BCUT2D eigenvalue weighted by Gasteiger charge is 2.32. The van der Waals surface area contributed by atoms with E-state index in [1.807, 2.05) is 48.5 Å². The molecule has 0 fully saturated rings. The van der Waals surface area contributed by atoms with Crippen molar-refractivity contribution in [2.45, 2.75) is 16.8 Å². The third-order valence-electron chi connectivity index (χ3n) is 4.29. The number of fused-ring (bicyclic) bond motifs is 2. The molecule has 3 aromatic rings. The van der Waals surface area contributed by atoms with Crippen LogP contribution in [0.5, 0.6) is 11.5 Å². The van der Waals surface area contributed by atoms with Crippen LogP contribution in [0.25, 0.3) is 11.4 Å². The molecule has 2 aliphatic rings. The molecular weight excluding hydrogens is 338 g/mol. The summed E-state index contributed by atoms with van der Waals surface area (Å²) < 4.78 is 12.4. The average Bonchev–Trinajstić information content (AvgIpc) is 3.28. The Balaban J connectivity index is 1.50. The van der Waals surface area contributed by atoms with Crippen molar-refractivity contribution in [3.05, 3.63) is 54.1 Å². The van der Waals surface area contributed by atoms with E-state index in [0.717, 1.165) is 22.6 Å². The fourth-order valence-corrected chi connectivity index (χ4v) is 4.21. The van der Waals surface area contributed by atoms with Crippen molar-refractivity contribution in [1.82, 2.24) is 14.8 Å². The SMILES string of the molecule is O=C1CC(c2ccc3c(c2)OCO3)Sc2nnc(-c3ccccc3)n21. The molecule has 0 amide bonds. The number of ether oxygens (including phenoxy) is 2. The van der Waals surface area contributed by atoms with Crippen molar-refractivity contribution in [2.24, 2.45) is 0 Å². The fraction of sp³-hybridized carbons (Fsp3) is 0.167. The van der Waals surface area contributed by atoms with Crippen molar-refractivity contribution < 1.29 is 14.3 Å². The summed E-state index contributed by atoms with van der Waals surface area (Å²) in [6, 6.07) is 15.4. The summed E-state index contributed by atoms with van der Waals surface area (Å²) >= 11 is 1.55. The summed E-state index contributed by atoms with van der Waals surface area (Å²) in [5.41, 5.74) is 1.91. The van der Waals surface area contributed by atoms with Crippen molar-refractivity contribution in [3.8, 4) is 22.9 Å². The minimum atomic E-state index is -0.0117. The van der Waals surface area contributed by atoms with E-state index in [-0.39, 0.29) is 18.0 Å². The standard InChI is InChI=1S/C18H13N3O3S/c22-16-9-15(12-6-7-13-14(8-12)24-10-23-13)25-18-20-19-17(21(16)18)11-4-2-1-3-5-11/h1-8,15H,9-10H2. The van der Waals surface area contributed by atoms with Gasteiger partial charge in [-0.2, -0.15) is 0 Å². The number of carbonyl (C=O) groups excluding carboxylic acids is 1. The maximum Gasteiger partial charge on any atom is 0.235 e. The predicted octanol–water partition coefficient (Wildman–Crippen LogP) is 3.55. The second-order valence-electron chi connectivity index (χ2n) is 5.82. The average molecular weight is 351 g/mol. The number of hydrogen-bond donors (Lipinski definition) is 0. The van der Waals surface area contributed by atoms with Crippen molar-refractivity contribution in [2.75, 3.05) is 6.79 Å². The smallest absolute Gasteiger partial charge is 0.235 e. The summed E-state index contributed by atoms with van der Waals surface area (Å²) in [5, 5.41) is 9.07. The van der Waals surface area contributed by atoms with Crippen LogP contribution in [0.4, 0.5) is 0 Å². The molecule has 3 heterocycles. The van der Waals surface area contributed by atoms with Gasteiger partial charge in [-0.15, -0.1) is 10.2 Å². The number of rotatable bonds is 2. The zero-order valence-electron chi connectivity index (χ0n) is 13.1. The molecule has 0 saturated carbocycles. The molecule has 2 aromatic carbocycles. The molecule has 6 nitrogen and oxygen atoms in total. The first-order valence-electron chi connectivity index (χ1n) is 7.90. The summed E-state index contributed by atoms with van der Waals surface area (Å²) in [6.45, 7) is 0.240. The Morgan fingerprint density at radius 3 is 2.76 bits per heavy atom. The first kappa shape index (κ1) is 14.5. The topological polar surface area (TPSA) is 66.2 Å². The Bertz CT molecular complexity index is 971. The molecular formula is C18H13N3O3S. The van der Waals surface area contributed by atoms with E-state index in [1.54, 1.807) is 16.3 Å². The highest BCUT2D eigenvalue weighted by molar-refractivity contribution is 7.99. The maximum atomic E-state index is 12.8. The Morgan fingerprint density at radius 2 is 1.88 bits per heavy atom. The van der Waals surface area contributed by atoms with Gasteiger partial charge in [0.25, 0.3) is 0 Å². The van der Waals surface area contributed by atoms with Gasteiger partial charge in [-0.3, -0.25) is 4.79 Å².